The van der Waals surface area contributed by atoms with Gasteiger partial charge in [0, 0.05) is 32.1 Å². The summed E-state index contributed by atoms with van der Waals surface area (Å²) in [6.45, 7) is 4.47. The number of nitrogens with zero attached hydrogens (tertiary/aromatic N) is 1. The van der Waals surface area contributed by atoms with Crippen LogP contribution < -0.4 is 10.0 Å². The predicted molar refractivity (Wildman–Crippen MR) is 56.4 cm³/mol. The normalized spacial score (nSPS) is 20.1. The fourth-order valence-electron chi connectivity index (χ4n) is 1.36. The fraction of sp³-hybridized carbons (Fsp3) is 0.875. The maximum absolute atomic E-state index is 11.7. The van der Waals surface area contributed by atoms with Gasteiger partial charge in [0.1, 0.15) is 0 Å². The first-order valence-corrected chi connectivity index (χ1v) is 6.40. The van der Waals surface area contributed by atoms with Crippen LogP contribution in [0.3, 0.4) is 0 Å². The van der Waals surface area contributed by atoms with E-state index in [0.29, 0.717) is 13.1 Å². The summed E-state index contributed by atoms with van der Waals surface area (Å²) in [5.41, 5.74) is 0. The predicted octanol–water partition coefficient (Wildman–Crippen LogP) is -0.949. The summed E-state index contributed by atoms with van der Waals surface area (Å²) < 4.78 is 27.2. The van der Waals surface area contributed by atoms with Crippen molar-refractivity contribution in [2.24, 2.45) is 0 Å². The van der Waals surface area contributed by atoms with E-state index in [2.05, 4.69) is 10.0 Å². The minimum atomic E-state index is -3.44. The molecule has 0 aromatic heterocycles. The molecule has 0 unspecified atom stereocenters. The van der Waals surface area contributed by atoms with Crippen LogP contribution in [0, 0.1) is 0 Å². The highest BCUT2D eigenvalue weighted by Gasteiger charge is 2.24. The van der Waals surface area contributed by atoms with Crippen LogP contribution >= 0.6 is 0 Å². The Morgan fingerprint density at radius 2 is 2.07 bits per heavy atom. The van der Waals surface area contributed by atoms with Crippen LogP contribution in [-0.4, -0.2) is 44.3 Å². The van der Waals surface area contributed by atoms with Crippen LogP contribution in [0.1, 0.15) is 20.3 Å². The second-order valence-electron chi connectivity index (χ2n) is 3.78. The Balaban J connectivity index is 2.66. The van der Waals surface area contributed by atoms with E-state index < -0.39 is 10.2 Å². The third-order valence-electron chi connectivity index (χ3n) is 2.00. The van der Waals surface area contributed by atoms with Crippen molar-refractivity contribution in [3.63, 3.8) is 0 Å². The Morgan fingerprint density at radius 3 is 2.67 bits per heavy atom. The molecule has 88 valence electrons. The average molecular weight is 235 g/mol. The SMILES string of the molecule is CC(C)NS(=O)(=O)N1CCNC(=O)CC1. The summed E-state index contributed by atoms with van der Waals surface area (Å²) in [5.74, 6) is -0.0998. The summed E-state index contributed by atoms with van der Waals surface area (Å²) in [4.78, 5) is 11.0. The number of amides is 1. The minimum absolute atomic E-state index is 0.0998. The molecule has 0 spiro atoms. The van der Waals surface area contributed by atoms with Crippen molar-refractivity contribution >= 4 is 16.1 Å². The van der Waals surface area contributed by atoms with Crippen LogP contribution in [0.5, 0.6) is 0 Å². The number of nitrogens with one attached hydrogen (secondary N) is 2. The van der Waals surface area contributed by atoms with Gasteiger partial charge in [-0.2, -0.15) is 17.4 Å². The van der Waals surface area contributed by atoms with Crippen LogP contribution in [0.15, 0.2) is 0 Å². The molecule has 6 nitrogen and oxygen atoms in total. The number of carbonyl (C=O) groups is 1. The molecule has 7 heteroatoms. The van der Waals surface area contributed by atoms with Crippen molar-refractivity contribution in [1.29, 1.82) is 0 Å². The molecule has 0 aromatic rings. The lowest BCUT2D eigenvalue weighted by atomic mass is 10.4. The molecule has 0 atom stereocenters. The van der Waals surface area contributed by atoms with Gasteiger partial charge in [0.05, 0.1) is 0 Å². The summed E-state index contributed by atoms with van der Waals surface area (Å²) >= 11 is 0. The molecule has 1 heterocycles. The first-order chi connectivity index (χ1) is 6.92. The summed E-state index contributed by atoms with van der Waals surface area (Å²) in [7, 11) is -3.44. The Labute approximate surface area is 90.2 Å². The lowest BCUT2D eigenvalue weighted by molar-refractivity contribution is -0.120. The van der Waals surface area contributed by atoms with Crippen molar-refractivity contribution in [3.05, 3.63) is 0 Å². The molecule has 2 N–H and O–H groups in total. The van der Waals surface area contributed by atoms with E-state index in [4.69, 9.17) is 0 Å². The van der Waals surface area contributed by atoms with Gasteiger partial charge in [-0.25, -0.2) is 0 Å². The molecule has 1 rings (SSSR count). The standard InChI is InChI=1S/C8H17N3O3S/c1-7(2)10-15(13,14)11-5-3-8(12)9-4-6-11/h7,10H,3-6H2,1-2H3,(H,9,12). The van der Waals surface area contributed by atoms with E-state index in [1.165, 1.54) is 4.31 Å². The zero-order chi connectivity index (χ0) is 11.5. The van der Waals surface area contributed by atoms with Gasteiger partial charge < -0.3 is 5.32 Å². The molecule has 15 heavy (non-hydrogen) atoms. The van der Waals surface area contributed by atoms with E-state index in [1.54, 1.807) is 13.8 Å². The number of rotatable bonds is 3. The quantitative estimate of drug-likeness (QED) is 0.662. The third kappa shape index (κ3) is 3.77. The zero-order valence-electron chi connectivity index (χ0n) is 8.99. The van der Waals surface area contributed by atoms with Gasteiger partial charge in [-0.3, -0.25) is 4.79 Å². The van der Waals surface area contributed by atoms with E-state index in [1.807, 2.05) is 0 Å². The summed E-state index contributed by atoms with van der Waals surface area (Å²) in [5, 5.41) is 2.63. The molecule has 0 aromatic carbocycles. The number of hydrogen-bond donors (Lipinski definition) is 2. The lowest BCUT2D eigenvalue weighted by Gasteiger charge is -2.20. The largest absolute Gasteiger partial charge is 0.355 e. The molecule has 1 amide bonds. The third-order valence-corrected chi connectivity index (χ3v) is 3.81. The zero-order valence-corrected chi connectivity index (χ0v) is 9.80. The Bertz CT molecular complexity index is 326. The Hall–Kier alpha value is -0.660. The highest BCUT2D eigenvalue weighted by molar-refractivity contribution is 7.87. The van der Waals surface area contributed by atoms with Crippen LogP contribution in [0.2, 0.25) is 0 Å². The molecule has 1 fully saturated rings. The van der Waals surface area contributed by atoms with Gasteiger partial charge in [-0.05, 0) is 13.8 Å². The molecule has 1 saturated heterocycles. The first kappa shape index (κ1) is 12.4. The van der Waals surface area contributed by atoms with Gasteiger partial charge in [-0.1, -0.05) is 0 Å². The molecule has 1 aliphatic rings. The average Bonchev–Trinajstić information content (AvgIpc) is 2.27. The molecule has 0 radical (unpaired) electrons. The molecule has 1 aliphatic heterocycles. The second kappa shape index (κ2) is 4.91. The van der Waals surface area contributed by atoms with E-state index >= 15 is 0 Å². The van der Waals surface area contributed by atoms with Crippen LogP contribution in [0.25, 0.3) is 0 Å². The van der Waals surface area contributed by atoms with E-state index in [0.717, 1.165) is 0 Å². The highest BCUT2D eigenvalue weighted by Crippen LogP contribution is 2.03. The topological polar surface area (TPSA) is 78.5 Å². The van der Waals surface area contributed by atoms with E-state index in [9.17, 15) is 13.2 Å². The maximum Gasteiger partial charge on any atom is 0.279 e. The molecule has 0 bridgehead atoms. The maximum atomic E-state index is 11.7. The Morgan fingerprint density at radius 1 is 1.40 bits per heavy atom. The van der Waals surface area contributed by atoms with Gasteiger partial charge in [0.15, 0.2) is 0 Å². The summed E-state index contributed by atoms with van der Waals surface area (Å²) in [6.07, 6.45) is 0.221. The van der Waals surface area contributed by atoms with Crippen molar-refractivity contribution in [1.82, 2.24) is 14.3 Å². The van der Waals surface area contributed by atoms with Crippen molar-refractivity contribution in [2.75, 3.05) is 19.6 Å². The van der Waals surface area contributed by atoms with Crippen LogP contribution in [0.4, 0.5) is 0 Å². The monoisotopic (exact) mass is 235 g/mol. The van der Waals surface area contributed by atoms with Gasteiger partial charge >= 0.3 is 0 Å². The lowest BCUT2D eigenvalue weighted by Crippen LogP contribution is -2.44. The molecule has 0 saturated carbocycles. The highest BCUT2D eigenvalue weighted by atomic mass is 32.2. The van der Waals surface area contributed by atoms with Crippen molar-refractivity contribution in [2.45, 2.75) is 26.3 Å². The van der Waals surface area contributed by atoms with Gasteiger partial charge in [-0.15, -0.1) is 0 Å². The smallest absolute Gasteiger partial charge is 0.279 e. The second-order valence-corrected chi connectivity index (χ2v) is 5.48. The summed E-state index contributed by atoms with van der Waals surface area (Å²) in [6, 6.07) is -0.137. The Kier molecular flexibility index (Phi) is 4.06. The fourth-order valence-corrected chi connectivity index (χ4v) is 2.77. The first-order valence-electron chi connectivity index (χ1n) is 4.96. The van der Waals surface area contributed by atoms with Crippen LogP contribution in [-0.2, 0) is 15.0 Å². The number of carbonyl (C=O) groups excluding carboxylic acids is 1. The molecular weight excluding hydrogens is 218 g/mol. The van der Waals surface area contributed by atoms with Gasteiger partial charge in [0.25, 0.3) is 10.2 Å². The number of hydrogen-bond acceptors (Lipinski definition) is 3. The van der Waals surface area contributed by atoms with Gasteiger partial charge in [0.2, 0.25) is 5.91 Å². The molecular formula is C8H17N3O3S. The minimum Gasteiger partial charge on any atom is -0.355 e. The molecule has 0 aliphatic carbocycles. The van der Waals surface area contributed by atoms with Crippen molar-refractivity contribution < 1.29 is 13.2 Å². The van der Waals surface area contributed by atoms with Crippen molar-refractivity contribution in [3.8, 4) is 0 Å². The van der Waals surface area contributed by atoms with E-state index in [-0.39, 0.29) is 24.9 Å².